The molecule has 216 valence electrons. The molecule has 0 amide bonds. The maximum absolute atomic E-state index is 13.1. The maximum Gasteiger partial charge on any atom is 0.490 e. The van der Waals surface area contributed by atoms with Crippen LogP contribution in [0.4, 0.5) is 13.2 Å². The maximum atomic E-state index is 13.1. The number of hydrogen-bond donors (Lipinski definition) is 0. The molecular formula is C32H49F3O3. The van der Waals surface area contributed by atoms with E-state index in [1.165, 1.54) is 38.5 Å². The van der Waals surface area contributed by atoms with E-state index in [0.717, 1.165) is 25.9 Å². The number of halogens is 3. The number of esters is 1. The van der Waals surface area contributed by atoms with Crippen molar-refractivity contribution in [1.29, 1.82) is 0 Å². The third-order valence-electron chi connectivity index (χ3n) is 14.6. The highest BCUT2D eigenvalue weighted by Gasteiger charge is 2.73. The van der Waals surface area contributed by atoms with Crippen molar-refractivity contribution in [2.24, 2.45) is 56.2 Å². The van der Waals surface area contributed by atoms with E-state index in [9.17, 15) is 18.0 Å². The summed E-state index contributed by atoms with van der Waals surface area (Å²) in [5, 5.41) is 0. The number of rotatable bonds is 1. The van der Waals surface area contributed by atoms with Crippen molar-refractivity contribution in [1.82, 2.24) is 0 Å². The minimum Gasteiger partial charge on any atom is -0.455 e. The highest BCUT2D eigenvalue weighted by molar-refractivity contribution is 5.75. The van der Waals surface area contributed by atoms with E-state index in [1.54, 1.807) is 0 Å². The summed E-state index contributed by atoms with van der Waals surface area (Å²) in [7, 11) is 0. The highest BCUT2D eigenvalue weighted by Crippen LogP contribution is 2.78. The molecule has 2 bridgehead atoms. The predicted molar refractivity (Wildman–Crippen MR) is 140 cm³/mol. The number of carbonyl (C=O) groups excluding carboxylic acids is 1. The molecule has 10 atom stereocenters. The predicted octanol–water partition coefficient (Wildman–Crippen LogP) is 8.35. The molecule has 0 radical (unpaired) electrons. The molecule has 0 aromatic heterocycles. The SMILES string of the molecule is CC1(C)CC[C@]23CC[C@]4(C)[C@H](CC[C@@H]5[C@@]6(C)CC[C@@H](OC(=O)C(F)(F)F)C(C)(C)[C@H]6CC[C@]54C)[C@@H]2[C@H]1OC3. The van der Waals surface area contributed by atoms with E-state index >= 15 is 0 Å². The normalized spacial score (nSPS) is 52.7. The number of hydrogen-bond acceptors (Lipinski definition) is 3. The molecule has 6 heteroatoms. The molecule has 6 rings (SSSR count). The van der Waals surface area contributed by atoms with Gasteiger partial charge in [0.2, 0.25) is 0 Å². The molecule has 1 heterocycles. The molecule has 0 N–H and O–H groups in total. The Labute approximate surface area is 227 Å². The molecule has 6 fully saturated rings. The quantitative estimate of drug-likeness (QED) is 0.315. The van der Waals surface area contributed by atoms with Gasteiger partial charge in [-0.05, 0) is 115 Å². The Hall–Kier alpha value is -0.780. The van der Waals surface area contributed by atoms with Gasteiger partial charge in [0.05, 0.1) is 12.7 Å². The molecule has 0 unspecified atom stereocenters. The smallest absolute Gasteiger partial charge is 0.455 e. The fraction of sp³-hybridized carbons (Fsp3) is 0.969. The van der Waals surface area contributed by atoms with Crippen molar-refractivity contribution in [2.75, 3.05) is 6.61 Å². The van der Waals surface area contributed by atoms with Gasteiger partial charge in [0, 0.05) is 5.41 Å². The van der Waals surface area contributed by atoms with Gasteiger partial charge in [-0.25, -0.2) is 4.79 Å². The van der Waals surface area contributed by atoms with Gasteiger partial charge in [0.1, 0.15) is 6.10 Å². The summed E-state index contributed by atoms with van der Waals surface area (Å²) in [6, 6.07) is 0. The van der Waals surface area contributed by atoms with Gasteiger partial charge in [0.25, 0.3) is 0 Å². The molecule has 0 spiro atoms. The van der Waals surface area contributed by atoms with Gasteiger partial charge in [-0.2, -0.15) is 13.2 Å². The molecule has 1 saturated heterocycles. The van der Waals surface area contributed by atoms with Crippen LogP contribution in [0.1, 0.15) is 113 Å². The lowest BCUT2D eigenvalue weighted by Gasteiger charge is -2.73. The lowest BCUT2D eigenvalue weighted by Crippen LogP contribution is -2.68. The first-order chi connectivity index (χ1) is 17.4. The summed E-state index contributed by atoms with van der Waals surface area (Å²) >= 11 is 0. The van der Waals surface area contributed by atoms with E-state index in [4.69, 9.17) is 9.47 Å². The first kappa shape index (κ1) is 27.4. The van der Waals surface area contributed by atoms with Gasteiger partial charge >= 0.3 is 12.1 Å². The van der Waals surface area contributed by atoms with Crippen molar-refractivity contribution in [2.45, 2.75) is 131 Å². The van der Waals surface area contributed by atoms with E-state index in [0.29, 0.717) is 35.7 Å². The van der Waals surface area contributed by atoms with Gasteiger partial charge < -0.3 is 9.47 Å². The lowest BCUT2D eigenvalue weighted by molar-refractivity contribution is -0.259. The van der Waals surface area contributed by atoms with Crippen LogP contribution in [0.15, 0.2) is 0 Å². The minimum atomic E-state index is -4.94. The van der Waals surface area contributed by atoms with Crippen LogP contribution in [0.25, 0.3) is 0 Å². The molecule has 6 aliphatic rings. The Morgan fingerprint density at radius 1 is 0.789 bits per heavy atom. The zero-order valence-corrected chi connectivity index (χ0v) is 24.6. The third-order valence-corrected chi connectivity index (χ3v) is 14.6. The fourth-order valence-electron chi connectivity index (χ4n) is 12.4. The van der Waals surface area contributed by atoms with Crippen LogP contribution in [0, 0.1) is 56.2 Å². The number of carbonyl (C=O) groups is 1. The molecular weight excluding hydrogens is 489 g/mol. The lowest BCUT2D eigenvalue weighted by atomic mass is 9.31. The second-order valence-electron chi connectivity index (χ2n) is 16.5. The zero-order chi connectivity index (χ0) is 27.7. The van der Waals surface area contributed by atoms with Crippen LogP contribution in [-0.4, -0.2) is 31.0 Å². The van der Waals surface area contributed by atoms with E-state index in [-0.39, 0.29) is 27.6 Å². The van der Waals surface area contributed by atoms with Crippen molar-refractivity contribution in [3.8, 4) is 0 Å². The summed E-state index contributed by atoms with van der Waals surface area (Å²) in [4.78, 5) is 11.8. The van der Waals surface area contributed by atoms with Crippen LogP contribution in [-0.2, 0) is 14.3 Å². The first-order valence-electron chi connectivity index (χ1n) is 15.3. The fourth-order valence-corrected chi connectivity index (χ4v) is 12.4. The Morgan fingerprint density at radius 3 is 2.16 bits per heavy atom. The average Bonchev–Trinajstić information content (AvgIpc) is 3.14. The number of fused-ring (bicyclic) bond motifs is 5. The molecule has 0 aromatic rings. The Kier molecular flexibility index (Phi) is 5.72. The van der Waals surface area contributed by atoms with Crippen molar-refractivity contribution >= 4 is 5.97 Å². The number of ether oxygens (including phenoxy) is 2. The topological polar surface area (TPSA) is 35.5 Å². The summed E-state index contributed by atoms with van der Waals surface area (Å²) in [5.74, 6) is 0.0918. The van der Waals surface area contributed by atoms with Crippen LogP contribution in [0.5, 0.6) is 0 Å². The van der Waals surface area contributed by atoms with Gasteiger partial charge in [-0.15, -0.1) is 0 Å². The van der Waals surface area contributed by atoms with Crippen molar-refractivity contribution in [3.05, 3.63) is 0 Å². The Morgan fingerprint density at radius 2 is 1.47 bits per heavy atom. The minimum absolute atomic E-state index is 0.0437. The first-order valence-corrected chi connectivity index (χ1v) is 15.3. The van der Waals surface area contributed by atoms with Crippen molar-refractivity contribution in [3.63, 3.8) is 0 Å². The Balaban J connectivity index is 1.31. The second-order valence-corrected chi connectivity index (χ2v) is 16.5. The van der Waals surface area contributed by atoms with Gasteiger partial charge in [0.15, 0.2) is 0 Å². The summed E-state index contributed by atoms with van der Waals surface area (Å²) in [5.41, 5.74) is 0.625. The summed E-state index contributed by atoms with van der Waals surface area (Å²) in [6.45, 7) is 17.5. The highest BCUT2D eigenvalue weighted by atomic mass is 19.4. The molecule has 3 nitrogen and oxygen atoms in total. The Bertz CT molecular complexity index is 1000. The summed E-state index contributed by atoms with van der Waals surface area (Å²) < 4.78 is 51.1. The van der Waals surface area contributed by atoms with Gasteiger partial charge in [-0.3, -0.25) is 0 Å². The molecule has 38 heavy (non-hydrogen) atoms. The van der Waals surface area contributed by atoms with E-state index in [2.05, 4.69) is 48.5 Å². The molecule has 1 aliphatic heterocycles. The van der Waals surface area contributed by atoms with Crippen LogP contribution in [0.2, 0.25) is 0 Å². The van der Waals surface area contributed by atoms with E-state index in [1.807, 2.05) is 0 Å². The van der Waals surface area contributed by atoms with Crippen molar-refractivity contribution < 1.29 is 27.4 Å². The molecule has 0 aromatic carbocycles. The standard InChI is InChI=1S/C32H49F3O3/c1-26(2)14-16-31-17-15-29(6)19(23(31)24(26)37-18-31)8-9-21-28(5)12-11-22(38-25(36)32(33,34)35)27(3,4)20(28)10-13-30(21,29)7/h19-24H,8-18H2,1-7H3/t19-,20-,21-,22-,23-,24-,28+,29-,30-,31-/m1/s1. The average molecular weight is 539 g/mol. The summed E-state index contributed by atoms with van der Waals surface area (Å²) in [6.07, 6.45) is 5.78. The molecule has 5 saturated carbocycles. The number of alkyl halides is 3. The zero-order valence-electron chi connectivity index (χ0n) is 24.6. The monoisotopic (exact) mass is 538 g/mol. The van der Waals surface area contributed by atoms with Crippen LogP contribution in [0.3, 0.4) is 0 Å². The third kappa shape index (κ3) is 3.33. The van der Waals surface area contributed by atoms with E-state index < -0.39 is 23.7 Å². The molecule has 5 aliphatic carbocycles. The van der Waals surface area contributed by atoms with Gasteiger partial charge in [-0.1, -0.05) is 48.5 Å². The second kappa shape index (κ2) is 7.94. The van der Waals surface area contributed by atoms with Crippen LogP contribution >= 0.6 is 0 Å². The van der Waals surface area contributed by atoms with Crippen LogP contribution < -0.4 is 0 Å². The largest absolute Gasteiger partial charge is 0.490 e.